The summed E-state index contributed by atoms with van der Waals surface area (Å²) in [6, 6.07) is 0. The minimum Gasteiger partial charge on any atom is -0.393 e. The summed E-state index contributed by atoms with van der Waals surface area (Å²) in [4.78, 5) is 0. The fourth-order valence-electron chi connectivity index (χ4n) is 1.67. The van der Waals surface area contributed by atoms with Gasteiger partial charge < -0.3 is 9.84 Å². The standard InChI is InChI=1S/C8H16O2/c1-6-7(5-10-2)3-4-8(6)9/h6-9H,3-5H2,1-2H3. The van der Waals surface area contributed by atoms with Gasteiger partial charge in [0.1, 0.15) is 0 Å². The Kier molecular flexibility index (Phi) is 2.69. The normalized spacial score (nSPS) is 40.5. The van der Waals surface area contributed by atoms with Crippen molar-refractivity contribution in [2.75, 3.05) is 13.7 Å². The van der Waals surface area contributed by atoms with Gasteiger partial charge in [0.15, 0.2) is 0 Å². The molecule has 2 heteroatoms. The van der Waals surface area contributed by atoms with Crippen LogP contribution in [0.15, 0.2) is 0 Å². The second kappa shape index (κ2) is 3.35. The fraction of sp³-hybridized carbons (Fsp3) is 1.00. The lowest BCUT2D eigenvalue weighted by Gasteiger charge is -2.15. The van der Waals surface area contributed by atoms with Crippen molar-refractivity contribution in [2.45, 2.75) is 25.9 Å². The van der Waals surface area contributed by atoms with Gasteiger partial charge in [-0.05, 0) is 24.7 Å². The Balaban J connectivity index is 2.33. The van der Waals surface area contributed by atoms with E-state index < -0.39 is 0 Å². The van der Waals surface area contributed by atoms with E-state index in [1.807, 2.05) is 0 Å². The van der Waals surface area contributed by atoms with Gasteiger partial charge in [0.05, 0.1) is 6.10 Å². The molecule has 0 spiro atoms. The zero-order valence-electron chi connectivity index (χ0n) is 6.71. The van der Waals surface area contributed by atoms with Gasteiger partial charge in [-0.25, -0.2) is 0 Å². The summed E-state index contributed by atoms with van der Waals surface area (Å²) in [5.74, 6) is 1.01. The van der Waals surface area contributed by atoms with Gasteiger partial charge >= 0.3 is 0 Å². The molecule has 3 unspecified atom stereocenters. The molecule has 3 atom stereocenters. The predicted molar refractivity (Wildman–Crippen MR) is 39.8 cm³/mol. The molecule has 1 aliphatic rings. The molecule has 60 valence electrons. The molecule has 1 aliphatic carbocycles. The highest BCUT2D eigenvalue weighted by Crippen LogP contribution is 2.31. The van der Waals surface area contributed by atoms with Crippen molar-refractivity contribution in [2.24, 2.45) is 11.8 Å². The Morgan fingerprint density at radius 2 is 2.20 bits per heavy atom. The summed E-state index contributed by atoms with van der Waals surface area (Å²) in [5, 5.41) is 9.34. The minimum absolute atomic E-state index is 0.0832. The first-order chi connectivity index (χ1) is 4.75. The summed E-state index contributed by atoms with van der Waals surface area (Å²) < 4.78 is 5.03. The van der Waals surface area contributed by atoms with E-state index in [2.05, 4.69) is 6.92 Å². The molecule has 0 bridgehead atoms. The Morgan fingerprint density at radius 1 is 1.50 bits per heavy atom. The Labute approximate surface area is 62.2 Å². The van der Waals surface area contributed by atoms with E-state index in [0.717, 1.165) is 19.4 Å². The number of hydrogen-bond donors (Lipinski definition) is 1. The number of aliphatic hydroxyl groups excluding tert-OH is 1. The summed E-state index contributed by atoms with van der Waals surface area (Å²) in [6.07, 6.45) is 1.99. The quantitative estimate of drug-likeness (QED) is 0.627. The molecule has 0 aromatic carbocycles. The molecule has 0 amide bonds. The van der Waals surface area contributed by atoms with Crippen molar-refractivity contribution >= 4 is 0 Å². The smallest absolute Gasteiger partial charge is 0.0569 e. The van der Waals surface area contributed by atoms with Crippen molar-refractivity contribution in [3.63, 3.8) is 0 Å². The minimum atomic E-state index is -0.0832. The second-order valence-corrected chi connectivity index (χ2v) is 3.22. The highest BCUT2D eigenvalue weighted by molar-refractivity contribution is 4.81. The van der Waals surface area contributed by atoms with Gasteiger partial charge in [-0.3, -0.25) is 0 Å². The second-order valence-electron chi connectivity index (χ2n) is 3.22. The molecule has 10 heavy (non-hydrogen) atoms. The van der Waals surface area contributed by atoms with Crippen LogP contribution >= 0.6 is 0 Å². The Hall–Kier alpha value is -0.0800. The van der Waals surface area contributed by atoms with Crippen LogP contribution in [0.5, 0.6) is 0 Å². The summed E-state index contributed by atoms with van der Waals surface area (Å²) >= 11 is 0. The molecule has 0 aromatic heterocycles. The molecule has 0 radical (unpaired) electrons. The van der Waals surface area contributed by atoms with Gasteiger partial charge in [0.25, 0.3) is 0 Å². The summed E-state index contributed by atoms with van der Waals surface area (Å²) in [5.41, 5.74) is 0. The first-order valence-electron chi connectivity index (χ1n) is 3.92. The van der Waals surface area contributed by atoms with Gasteiger partial charge in [-0.2, -0.15) is 0 Å². The number of aliphatic hydroxyl groups is 1. The maximum absolute atomic E-state index is 9.34. The van der Waals surface area contributed by atoms with E-state index in [1.54, 1.807) is 7.11 Å². The molecule has 1 N–H and O–H groups in total. The van der Waals surface area contributed by atoms with E-state index in [4.69, 9.17) is 4.74 Å². The molecular formula is C8H16O2. The molecule has 1 rings (SSSR count). The zero-order valence-corrected chi connectivity index (χ0v) is 6.71. The van der Waals surface area contributed by atoms with E-state index in [9.17, 15) is 5.11 Å². The SMILES string of the molecule is COCC1CCC(O)C1C. The van der Waals surface area contributed by atoms with Crippen molar-refractivity contribution in [1.29, 1.82) is 0 Å². The third-order valence-corrected chi connectivity index (χ3v) is 2.56. The van der Waals surface area contributed by atoms with Crippen LogP contribution in [0.1, 0.15) is 19.8 Å². The predicted octanol–water partition coefficient (Wildman–Crippen LogP) is 1.04. The highest BCUT2D eigenvalue weighted by atomic mass is 16.5. The first-order valence-corrected chi connectivity index (χ1v) is 3.92. The molecule has 1 fully saturated rings. The van der Waals surface area contributed by atoms with Gasteiger partial charge in [-0.1, -0.05) is 6.92 Å². The monoisotopic (exact) mass is 144 g/mol. The van der Waals surface area contributed by atoms with Crippen LogP contribution in [0.25, 0.3) is 0 Å². The van der Waals surface area contributed by atoms with Crippen LogP contribution in [0.3, 0.4) is 0 Å². The van der Waals surface area contributed by atoms with Crippen LogP contribution < -0.4 is 0 Å². The third-order valence-electron chi connectivity index (χ3n) is 2.56. The van der Waals surface area contributed by atoms with Crippen LogP contribution in [0.2, 0.25) is 0 Å². The average Bonchev–Trinajstić information content (AvgIpc) is 2.20. The van der Waals surface area contributed by atoms with Gasteiger partial charge in [0, 0.05) is 13.7 Å². The molecule has 0 aliphatic heterocycles. The molecular weight excluding hydrogens is 128 g/mol. The van der Waals surface area contributed by atoms with Crippen LogP contribution in [0.4, 0.5) is 0 Å². The average molecular weight is 144 g/mol. The lowest BCUT2D eigenvalue weighted by atomic mass is 9.98. The molecule has 0 aromatic rings. The number of ether oxygens (including phenoxy) is 1. The van der Waals surface area contributed by atoms with E-state index >= 15 is 0 Å². The van der Waals surface area contributed by atoms with Crippen LogP contribution in [0, 0.1) is 11.8 Å². The van der Waals surface area contributed by atoms with E-state index in [-0.39, 0.29) is 6.10 Å². The van der Waals surface area contributed by atoms with Crippen molar-refractivity contribution in [3.8, 4) is 0 Å². The molecule has 1 saturated carbocycles. The molecule has 0 saturated heterocycles. The maximum Gasteiger partial charge on any atom is 0.0569 e. The fourth-order valence-corrected chi connectivity index (χ4v) is 1.67. The summed E-state index contributed by atoms with van der Waals surface area (Å²) in [7, 11) is 1.72. The van der Waals surface area contributed by atoms with Crippen molar-refractivity contribution in [1.82, 2.24) is 0 Å². The van der Waals surface area contributed by atoms with Crippen molar-refractivity contribution < 1.29 is 9.84 Å². The lowest BCUT2D eigenvalue weighted by Crippen LogP contribution is -2.18. The van der Waals surface area contributed by atoms with Gasteiger partial charge in [0.2, 0.25) is 0 Å². The van der Waals surface area contributed by atoms with E-state index in [1.165, 1.54) is 0 Å². The third kappa shape index (κ3) is 1.50. The Morgan fingerprint density at radius 3 is 2.60 bits per heavy atom. The number of hydrogen-bond acceptors (Lipinski definition) is 2. The Bertz CT molecular complexity index is 101. The highest BCUT2D eigenvalue weighted by Gasteiger charge is 2.30. The number of methoxy groups -OCH3 is 1. The van der Waals surface area contributed by atoms with Crippen molar-refractivity contribution in [3.05, 3.63) is 0 Å². The van der Waals surface area contributed by atoms with E-state index in [0.29, 0.717) is 11.8 Å². The lowest BCUT2D eigenvalue weighted by molar-refractivity contribution is 0.0905. The van der Waals surface area contributed by atoms with Crippen LogP contribution in [-0.4, -0.2) is 24.9 Å². The summed E-state index contributed by atoms with van der Waals surface area (Å²) in [6.45, 7) is 2.90. The first kappa shape index (κ1) is 8.02. The molecule has 0 heterocycles. The number of rotatable bonds is 2. The topological polar surface area (TPSA) is 29.5 Å². The molecule has 2 nitrogen and oxygen atoms in total. The van der Waals surface area contributed by atoms with Crippen LogP contribution in [-0.2, 0) is 4.74 Å². The zero-order chi connectivity index (χ0) is 7.56. The van der Waals surface area contributed by atoms with Gasteiger partial charge in [-0.15, -0.1) is 0 Å². The maximum atomic E-state index is 9.34. The largest absolute Gasteiger partial charge is 0.393 e.